The first-order chi connectivity index (χ1) is 14.0. The highest BCUT2D eigenvalue weighted by Crippen LogP contribution is 2.47. The molecule has 0 amide bonds. The van der Waals surface area contributed by atoms with E-state index < -0.39 is 23.5 Å². The number of nitrogens with zero attached hydrogens (tertiary/aromatic N) is 3. The average molecular weight is 401 g/mol. The minimum atomic E-state index is -1.15. The SMILES string of the molecule is CO/N=C1/Cc2c(c(F)cc3c2N(C2CC2)CC(C(=O)O)C3=O)N2CCCC2C1. The Labute approximate surface area is 168 Å². The smallest absolute Gasteiger partial charge is 0.316 e. The minimum Gasteiger partial charge on any atom is -0.481 e. The third kappa shape index (κ3) is 2.88. The molecule has 1 aromatic carbocycles. The van der Waals surface area contributed by atoms with E-state index in [1.807, 2.05) is 4.90 Å². The van der Waals surface area contributed by atoms with Gasteiger partial charge in [0.05, 0.1) is 17.1 Å². The zero-order valence-corrected chi connectivity index (χ0v) is 16.4. The maximum atomic E-state index is 15.4. The maximum absolute atomic E-state index is 15.4. The number of rotatable bonds is 3. The summed E-state index contributed by atoms with van der Waals surface area (Å²) in [4.78, 5) is 33.9. The van der Waals surface area contributed by atoms with Crippen LogP contribution in [0.15, 0.2) is 11.2 Å². The van der Waals surface area contributed by atoms with Gasteiger partial charge in [0.25, 0.3) is 0 Å². The van der Waals surface area contributed by atoms with Crippen molar-refractivity contribution in [2.75, 3.05) is 30.0 Å². The van der Waals surface area contributed by atoms with Gasteiger partial charge in [-0.25, -0.2) is 4.39 Å². The molecule has 1 N–H and O–H groups in total. The summed E-state index contributed by atoms with van der Waals surface area (Å²) in [6.07, 6.45) is 4.96. The van der Waals surface area contributed by atoms with Gasteiger partial charge in [0, 0.05) is 49.1 Å². The van der Waals surface area contributed by atoms with Crippen LogP contribution < -0.4 is 9.80 Å². The van der Waals surface area contributed by atoms with Crippen molar-refractivity contribution in [1.82, 2.24) is 0 Å². The molecule has 29 heavy (non-hydrogen) atoms. The largest absolute Gasteiger partial charge is 0.481 e. The topological polar surface area (TPSA) is 82.4 Å². The molecule has 0 aromatic heterocycles. The lowest BCUT2D eigenvalue weighted by molar-refractivity contribution is -0.139. The summed E-state index contributed by atoms with van der Waals surface area (Å²) in [6.45, 7) is 0.910. The second-order valence-corrected chi connectivity index (χ2v) is 8.43. The third-order valence-corrected chi connectivity index (χ3v) is 6.60. The summed E-state index contributed by atoms with van der Waals surface area (Å²) in [7, 11) is 1.50. The van der Waals surface area contributed by atoms with Crippen LogP contribution in [0, 0.1) is 11.7 Å². The summed E-state index contributed by atoms with van der Waals surface area (Å²) in [6, 6.07) is 1.64. The van der Waals surface area contributed by atoms with Crippen molar-refractivity contribution in [3.05, 3.63) is 23.0 Å². The minimum absolute atomic E-state index is 0.143. The number of aliphatic carboxylic acids is 1. The molecule has 1 saturated heterocycles. The Morgan fingerprint density at radius 2 is 2.03 bits per heavy atom. The molecule has 7 nitrogen and oxygen atoms in total. The first-order valence-corrected chi connectivity index (χ1v) is 10.2. The van der Waals surface area contributed by atoms with E-state index >= 15 is 4.39 Å². The molecule has 1 aromatic rings. The van der Waals surface area contributed by atoms with E-state index in [4.69, 9.17) is 4.84 Å². The Morgan fingerprint density at radius 1 is 1.24 bits per heavy atom. The van der Waals surface area contributed by atoms with Crippen LogP contribution in [0.3, 0.4) is 0 Å². The molecule has 3 heterocycles. The summed E-state index contributed by atoms with van der Waals surface area (Å²) in [5.41, 5.74) is 3.05. The standard InChI is InChI=1S/C21H24FN3O4/c1-29-23-11-7-13-3-2-6-24(13)19-14(8-11)18-15(9-17(19)22)20(26)16(21(27)28)10-25(18)12-4-5-12/h9,12-13,16H,2-8,10H2,1H3,(H,27,28)/b23-11+. The Balaban J connectivity index is 1.74. The van der Waals surface area contributed by atoms with Crippen molar-refractivity contribution >= 4 is 28.8 Å². The number of halogens is 1. The second kappa shape index (κ2) is 6.71. The Bertz CT molecular complexity index is 927. The summed E-state index contributed by atoms with van der Waals surface area (Å²) < 4.78 is 15.4. The van der Waals surface area contributed by atoms with Crippen LogP contribution in [0.4, 0.5) is 15.8 Å². The number of hydrogen-bond donors (Lipinski definition) is 1. The lowest BCUT2D eigenvalue weighted by Gasteiger charge is -2.37. The average Bonchev–Trinajstić information content (AvgIpc) is 3.45. The van der Waals surface area contributed by atoms with Crippen molar-refractivity contribution in [2.24, 2.45) is 11.1 Å². The molecule has 154 valence electrons. The van der Waals surface area contributed by atoms with Gasteiger partial charge in [-0.2, -0.15) is 0 Å². The van der Waals surface area contributed by atoms with E-state index in [2.05, 4.69) is 10.1 Å². The Morgan fingerprint density at radius 3 is 2.72 bits per heavy atom. The Kier molecular flexibility index (Phi) is 4.26. The highest BCUT2D eigenvalue weighted by Gasteiger charge is 2.45. The van der Waals surface area contributed by atoms with Gasteiger partial charge in [-0.1, -0.05) is 5.16 Å². The molecule has 5 rings (SSSR count). The van der Waals surface area contributed by atoms with Crippen molar-refractivity contribution < 1.29 is 23.9 Å². The molecule has 2 atom stereocenters. The van der Waals surface area contributed by atoms with Gasteiger partial charge in [-0.05, 0) is 31.7 Å². The van der Waals surface area contributed by atoms with Crippen LogP contribution in [0.25, 0.3) is 0 Å². The van der Waals surface area contributed by atoms with Crippen LogP contribution in [0.2, 0.25) is 0 Å². The molecule has 4 aliphatic rings. The molecular weight excluding hydrogens is 377 g/mol. The predicted octanol–water partition coefficient (Wildman–Crippen LogP) is 2.61. The van der Waals surface area contributed by atoms with Crippen molar-refractivity contribution in [3.63, 3.8) is 0 Å². The van der Waals surface area contributed by atoms with E-state index in [1.165, 1.54) is 13.2 Å². The summed E-state index contributed by atoms with van der Waals surface area (Å²) in [5.74, 6) is -3.25. The van der Waals surface area contributed by atoms with E-state index in [0.717, 1.165) is 43.5 Å². The van der Waals surface area contributed by atoms with E-state index in [-0.39, 0.29) is 24.2 Å². The molecule has 2 fully saturated rings. The number of carbonyl (C=O) groups is 2. The molecule has 8 heteroatoms. The summed E-state index contributed by atoms with van der Waals surface area (Å²) in [5, 5.41) is 13.8. The fourth-order valence-corrected chi connectivity index (χ4v) is 5.23. The maximum Gasteiger partial charge on any atom is 0.316 e. The molecule has 2 unspecified atom stereocenters. The number of fused-ring (bicyclic) bond motifs is 5. The fraction of sp³-hybridized carbons (Fsp3) is 0.571. The number of hydrogen-bond acceptors (Lipinski definition) is 6. The van der Waals surface area contributed by atoms with Gasteiger partial charge in [0.1, 0.15) is 18.8 Å². The van der Waals surface area contributed by atoms with E-state index in [9.17, 15) is 14.7 Å². The van der Waals surface area contributed by atoms with Gasteiger partial charge < -0.3 is 19.7 Å². The zero-order valence-electron chi connectivity index (χ0n) is 16.4. The molecule has 0 bridgehead atoms. The van der Waals surface area contributed by atoms with Crippen LogP contribution >= 0.6 is 0 Å². The van der Waals surface area contributed by atoms with Crippen molar-refractivity contribution in [3.8, 4) is 0 Å². The van der Waals surface area contributed by atoms with Gasteiger partial charge in [-0.3, -0.25) is 9.59 Å². The lowest BCUT2D eigenvalue weighted by Crippen LogP contribution is -2.45. The number of benzene rings is 1. The van der Waals surface area contributed by atoms with Crippen LogP contribution in [-0.4, -0.2) is 54.9 Å². The molecular formula is C21H24FN3O4. The van der Waals surface area contributed by atoms with Gasteiger partial charge >= 0.3 is 5.97 Å². The molecule has 3 aliphatic heterocycles. The number of carboxylic acids is 1. The molecule has 1 aliphatic carbocycles. The van der Waals surface area contributed by atoms with Crippen molar-refractivity contribution in [2.45, 2.75) is 50.6 Å². The number of ketones is 1. The molecule has 0 radical (unpaired) electrons. The highest BCUT2D eigenvalue weighted by molar-refractivity contribution is 6.14. The van der Waals surface area contributed by atoms with Gasteiger partial charge in [-0.15, -0.1) is 0 Å². The van der Waals surface area contributed by atoms with Crippen LogP contribution in [0.5, 0.6) is 0 Å². The van der Waals surface area contributed by atoms with Crippen LogP contribution in [0.1, 0.15) is 48.0 Å². The first kappa shape index (κ1) is 18.4. The number of carbonyl (C=O) groups excluding carboxylic acids is 1. The third-order valence-electron chi connectivity index (χ3n) is 6.60. The normalized spacial score (nSPS) is 27.4. The van der Waals surface area contributed by atoms with Gasteiger partial charge in [0.15, 0.2) is 5.78 Å². The van der Waals surface area contributed by atoms with E-state index in [0.29, 0.717) is 24.2 Å². The number of anilines is 2. The number of oxime groups is 1. The quantitative estimate of drug-likeness (QED) is 0.619. The number of carboxylic acid groups (broad SMARTS) is 1. The van der Waals surface area contributed by atoms with Crippen LogP contribution in [-0.2, 0) is 16.1 Å². The molecule has 0 spiro atoms. The number of Topliss-reactive ketones (excluding diaryl/α,β-unsaturated/α-hetero) is 1. The monoisotopic (exact) mass is 401 g/mol. The van der Waals surface area contributed by atoms with E-state index in [1.54, 1.807) is 0 Å². The zero-order chi connectivity index (χ0) is 20.3. The van der Waals surface area contributed by atoms with Gasteiger partial charge in [0.2, 0.25) is 0 Å². The highest BCUT2D eigenvalue weighted by atomic mass is 19.1. The summed E-state index contributed by atoms with van der Waals surface area (Å²) >= 11 is 0. The Hall–Kier alpha value is -2.64. The predicted molar refractivity (Wildman–Crippen MR) is 105 cm³/mol. The first-order valence-electron chi connectivity index (χ1n) is 10.2. The molecule has 1 saturated carbocycles. The van der Waals surface area contributed by atoms with Crippen molar-refractivity contribution in [1.29, 1.82) is 0 Å². The fourth-order valence-electron chi connectivity index (χ4n) is 5.23. The lowest BCUT2D eigenvalue weighted by atomic mass is 9.86. The second-order valence-electron chi connectivity index (χ2n) is 8.43.